The first-order valence-corrected chi connectivity index (χ1v) is 10.6. The van der Waals surface area contributed by atoms with Gasteiger partial charge in [0, 0.05) is 17.6 Å². The summed E-state index contributed by atoms with van der Waals surface area (Å²) in [6.45, 7) is 5.85. The predicted octanol–water partition coefficient (Wildman–Crippen LogP) is 3.03. The minimum atomic E-state index is 0.0548. The number of likely N-dealkylation sites (tertiary alicyclic amines) is 1. The van der Waals surface area contributed by atoms with E-state index in [1.807, 2.05) is 12.1 Å². The van der Waals surface area contributed by atoms with Crippen LogP contribution < -0.4 is 17.2 Å². The molecule has 1 saturated heterocycles. The third kappa shape index (κ3) is 4.14. The average Bonchev–Trinajstić information content (AvgIpc) is 2.70. The fraction of sp³-hybridized carbons (Fsp3) is 0.455. The summed E-state index contributed by atoms with van der Waals surface area (Å²) in [6, 6.07) is 9.71. The molecule has 0 spiro atoms. The van der Waals surface area contributed by atoms with Crippen LogP contribution in [0.4, 0.5) is 17.6 Å². The molecule has 3 aromatic rings. The minimum absolute atomic E-state index is 0.0548. The number of fused-ring (bicyclic) bond motifs is 1. The summed E-state index contributed by atoms with van der Waals surface area (Å²) in [5.41, 5.74) is 21.2. The Morgan fingerprint density at radius 3 is 2.30 bits per heavy atom. The third-order valence-corrected chi connectivity index (χ3v) is 6.09. The molecule has 0 aliphatic carbocycles. The fourth-order valence-corrected chi connectivity index (χ4v) is 4.42. The lowest BCUT2D eigenvalue weighted by molar-refractivity contribution is 0.102. The molecule has 0 bridgehead atoms. The summed E-state index contributed by atoms with van der Waals surface area (Å²) in [5.74, 6) is 0.545. The van der Waals surface area contributed by atoms with Crippen LogP contribution in [0.3, 0.4) is 0 Å². The van der Waals surface area contributed by atoms with Crippen LogP contribution in [0.2, 0.25) is 0 Å². The monoisotopic (exact) mass is 406 g/mol. The van der Waals surface area contributed by atoms with Crippen molar-refractivity contribution in [1.29, 1.82) is 0 Å². The van der Waals surface area contributed by atoms with Crippen molar-refractivity contribution in [3.8, 4) is 11.3 Å². The van der Waals surface area contributed by atoms with Crippen LogP contribution in [0.15, 0.2) is 24.3 Å². The molecule has 4 rings (SSSR count). The third-order valence-electron chi connectivity index (χ3n) is 6.09. The summed E-state index contributed by atoms with van der Waals surface area (Å²) in [6.07, 6.45) is 6.19. The number of benzene rings is 1. The quantitative estimate of drug-likeness (QED) is 0.589. The van der Waals surface area contributed by atoms with Crippen molar-refractivity contribution in [2.24, 2.45) is 0 Å². The van der Waals surface area contributed by atoms with E-state index < -0.39 is 0 Å². The SMILES string of the molecule is CC1CCCC(C)N1CCCc1ccc(-c2nc3c(N)nc(N)nc3nc2N)cc1. The lowest BCUT2D eigenvalue weighted by Crippen LogP contribution is -2.44. The number of hydrogen-bond donors (Lipinski definition) is 3. The van der Waals surface area contributed by atoms with Crippen LogP contribution in [0, 0.1) is 0 Å². The van der Waals surface area contributed by atoms with Crippen molar-refractivity contribution >= 4 is 28.7 Å². The Morgan fingerprint density at radius 1 is 0.900 bits per heavy atom. The van der Waals surface area contributed by atoms with Crippen LogP contribution in [-0.2, 0) is 6.42 Å². The highest BCUT2D eigenvalue weighted by atomic mass is 15.2. The highest BCUT2D eigenvalue weighted by molar-refractivity contribution is 5.87. The van der Waals surface area contributed by atoms with E-state index in [1.165, 1.54) is 24.8 Å². The Labute approximate surface area is 176 Å². The van der Waals surface area contributed by atoms with Crippen molar-refractivity contribution in [1.82, 2.24) is 24.8 Å². The zero-order chi connectivity index (χ0) is 21.3. The summed E-state index contributed by atoms with van der Waals surface area (Å²) >= 11 is 0. The lowest BCUT2D eigenvalue weighted by Gasteiger charge is -2.39. The largest absolute Gasteiger partial charge is 0.382 e. The Bertz CT molecular complexity index is 1020. The molecule has 0 saturated carbocycles. The van der Waals surface area contributed by atoms with E-state index in [2.05, 4.69) is 50.8 Å². The Kier molecular flexibility index (Phi) is 5.67. The Hall–Kier alpha value is -3.00. The number of nitrogen functional groups attached to an aromatic ring is 3. The van der Waals surface area contributed by atoms with Crippen LogP contribution >= 0.6 is 0 Å². The van der Waals surface area contributed by atoms with E-state index in [0.717, 1.165) is 24.9 Å². The summed E-state index contributed by atoms with van der Waals surface area (Å²) in [4.78, 5) is 19.5. The van der Waals surface area contributed by atoms with Gasteiger partial charge in [-0.1, -0.05) is 30.7 Å². The molecule has 1 aromatic carbocycles. The van der Waals surface area contributed by atoms with Crippen LogP contribution in [0.1, 0.15) is 45.1 Å². The number of anilines is 3. The maximum absolute atomic E-state index is 6.12. The first kappa shape index (κ1) is 20.3. The highest BCUT2D eigenvalue weighted by Gasteiger charge is 2.23. The lowest BCUT2D eigenvalue weighted by atomic mass is 9.97. The van der Waals surface area contributed by atoms with Crippen molar-refractivity contribution < 1.29 is 0 Å². The van der Waals surface area contributed by atoms with Gasteiger partial charge in [-0.05, 0) is 51.6 Å². The molecule has 8 heteroatoms. The van der Waals surface area contributed by atoms with Gasteiger partial charge in [0.1, 0.15) is 5.69 Å². The summed E-state index contributed by atoms with van der Waals surface area (Å²) < 4.78 is 0. The predicted molar refractivity (Wildman–Crippen MR) is 122 cm³/mol. The number of hydrogen-bond acceptors (Lipinski definition) is 8. The molecule has 30 heavy (non-hydrogen) atoms. The van der Waals surface area contributed by atoms with Gasteiger partial charge in [-0.25, -0.2) is 9.97 Å². The second-order valence-corrected chi connectivity index (χ2v) is 8.26. The van der Waals surface area contributed by atoms with E-state index in [4.69, 9.17) is 17.2 Å². The second-order valence-electron chi connectivity index (χ2n) is 8.26. The molecule has 2 unspecified atom stereocenters. The van der Waals surface area contributed by atoms with Gasteiger partial charge < -0.3 is 17.2 Å². The van der Waals surface area contributed by atoms with Crippen molar-refractivity contribution in [3.63, 3.8) is 0 Å². The molecule has 1 fully saturated rings. The van der Waals surface area contributed by atoms with Gasteiger partial charge in [-0.15, -0.1) is 0 Å². The van der Waals surface area contributed by atoms with E-state index in [9.17, 15) is 0 Å². The fourth-order valence-electron chi connectivity index (χ4n) is 4.42. The number of piperidine rings is 1. The topological polar surface area (TPSA) is 133 Å². The van der Waals surface area contributed by atoms with Crippen LogP contribution in [-0.4, -0.2) is 43.5 Å². The van der Waals surface area contributed by atoms with Crippen LogP contribution in [0.25, 0.3) is 22.4 Å². The number of rotatable bonds is 5. The molecule has 158 valence electrons. The second kappa shape index (κ2) is 8.39. The average molecular weight is 407 g/mol. The van der Waals surface area contributed by atoms with Gasteiger partial charge in [-0.3, -0.25) is 4.90 Å². The molecule has 3 heterocycles. The van der Waals surface area contributed by atoms with Gasteiger partial charge in [0.05, 0.1) is 0 Å². The molecule has 1 aliphatic rings. The standard InChI is InChI=1S/C22H30N8/c1-13-5-3-6-14(2)30(13)12-4-7-15-8-10-16(11-9-15)17-19(23)27-21-18(26-17)20(24)28-22(25)29-21/h8-11,13-14H,3-7,12H2,1-2H3,(H6,23,24,25,27,28,29). The Balaban J connectivity index is 1.46. The van der Waals surface area contributed by atoms with E-state index in [-0.39, 0.29) is 11.8 Å². The molecule has 0 amide bonds. The van der Waals surface area contributed by atoms with E-state index in [1.54, 1.807) is 0 Å². The summed E-state index contributed by atoms with van der Waals surface area (Å²) in [7, 11) is 0. The molecule has 1 aliphatic heterocycles. The maximum atomic E-state index is 6.12. The Morgan fingerprint density at radius 2 is 1.60 bits per heavy atom. The van der Waals surface area contributed by atoms with Crippen molar-refractivity contribution in [2.45, 2.75) is 58.0 Å². The highest BCUT2D eigenvalue weighted by Crippen LogP contribution is 2.27. The first-order chi connectivity index (χ1) is 14.4. The molecule has 0 radical (unpaired) electrons. The molecule has 8 nitrogen and oxygen atoms in total. The number of aromatic nitrogens is 4. The molecule has 2 aromatic heterocycles. The van der Waals surface area contributed by atoms with Gasteiger partial charge in [0.25, 0.3) is 0 Å². The minimum Gasteiger partial charge on any atom is -0.382 e. The molecule has 2 atom stereocenters. The van der Waals surface area contributed by atoms with Gasteiger partial charge in [0.15, 0.2) is 22.8 Å². The first-order valence-electron chi connectivity index (χ1n) is 10.6. The molecular weight excluding hydrogens is 376 g/mol. The van der Waals surface area contributed by atoms with E-state index in [0.29, 0.717) is 34.8 Å². The van der Waals surface area contributed by atoms with Crippen LogP contribution in [0.5, 0.6) is 0 Å². The number of aryl methyl sites for hydroxylation is 1. The zero-order valence-corrected chi connectivity index (χ0v) is 17.7. The van der Waals surface area contributed by atoms with Gasteiger partial charge >= 0.3 is 0 Å². The maximum Gasteiger partial charge on any atom is 0.224 e. The normalized spacial score (nSPS) is 19.9. The molecule has 6 N–H and O–H groups in total. The van der Waals surface area contributed by atoms with Gasteiger partial charge in [-0.2, -0.15) is 9.97 Å². The molecular formula is C22H30N8. The van der Waals surface area contributed by atoms with Gasteiger partial charge in [0.2, 0.25) is 5.95 Å². The number of nitrogens with zero attached hydrogens (tertiary/aromatic N) is 5. The van der Waals surface area contributed by atoms with E-state index >= 15 is 0 Å². The zero-order valence-electron chi connectivity index (χ0n) is 17.7. The number of nitrogens with two attached hydrogens (primary N) is 3. The smallest absolute Gasteiger partial charge is 0.224 e. The van der Waals surface area contributed by atoms with Crippen molar-refractivity contribution in [2.75, 3.05) is 23.7 Å². The van der Waals surface area contributed by atoms with Crippen molar-refractivity contribution in [3.05, 3.63) is 29.8 Å². The summed E-state index contributed by atoms with van der Waals surface area (Å²) in [5, 5.41) is 0.